The molecule has 0 fully saturated rings. The number of rotatable bonds is 4. The van der Waals surface area contributed by atoms with Crippen LogP contribution in [0.15, 0.2) is 127 Å². The van der Waals surface area contributed by atoms with Crippen molar-refractivity contribution in [2.75, 3.05) is 0 Å². The lowest BCUT2D eigenvalue weighted by Gasteiger charge is -2.17. The third-order valence-corrected chi connectivity index (χ3v) is 7.38. The van der Waals surface area contributed by atoms with Crippen LogP contribution in [-0.4, -0.2) is 12.3 Å². The maximum Gasteiger partial charge on any atom is 0.519 e. The molecule has 0 aliphatic carbocycles. The number of carbonyl (C=O) groups excluding carboxylic acids is 2. The molecule has 0 bridgehead atoms. The molecule has 0 spiro atoms. The lowest BCUT2D eigenvalue weighted by atomic mass is 10.0. The minimum Gasteiger partial charge on any atom is -0.394 e. The highest BCUT2D eigenvalue weighted by Gasteiger charge is 2.22. The van der Waals surface area contributed by atoms with E-state index in [1.54, 1.807) is 66.7 Å². The Hall–Kier alpha value is -5.59. The van der Waals surface area contributed by atoms with Crippen LogP contribution in [0.5, 0.6) is 23.0 Å². The van der Waals surface area contributed by atoms with Crippen molar-refractivity contribution < 1.29 is 28.5 Å². The van der Waals surface area contributed by atoms with Crippen LogP contribution in [0.1, 0.15) is 0 Å². The Bertz CT molecular complexity index is 2200. The van der Waals surface area contributed by atoms with Gasteiger partial charge in [0.05, 0.1) is 0 Å². The van der Waals surface area contributed by atoms with Gasteiger partial charge >= 0.3 is 12.3 Å². The van der Waals surface area contributed by atoms with E-state index in [1.165, 1.54) is 0 Å². The zero-order valence-electron chi connectivity index (χ0n) is 22.5. The quantitative estimate of drug-likeness (QED) is 0.116. The second kappa shape index (κ2) is 11.0. The van der Waals surface area contributed by atoms with Crippen molar-refractivity contribution in [1.82, 2.24) is 0 Å². The van der Waals surface area contributed by atoms with Crippen LogP contribution in [-0.2, 0) is 0 Å². The summed E-state index contributed by atoms with van der Waals surface area (Å²) < 4.78 is 23.0. The largest absolute Gasteiger partial charge is 0.519 e. The Labute approximate surface area is 250 Å². The van der Waals surface area contributed by atoms with Crippen LogP contribution in [0.3, 0.4) is 0 Å². The first kappa shape index (κ1) is 26.3. The molecule has 0 amide bonds. The van der Waals surface area contributed by atoms with E-state index < -0.39 is 12.3 Å². The minimum absolute atomic E-state index is 0.216. The topological polar surface area (TPSA) is 71.1 Å². The van der Waals surface area contributed by atoms with Crippen molar-refractivity contribution >= 4 is 67.0 Å². The predicted molar refractivity (Wildman–Crippen MR) is 168 cm³/mol. The average molecular weight is 585 g/mol. The summed E-state index contributed by atoms with van der Waals surface area (Å²) in [6, 6.07) is 38.2. The number of ether oxygens (including phenoxy) is 4. The van der Waals surface area contributed by atoms with Crippen LogP contribution in [0.4, 0.5) is 9.59 Å². The van der Waals surface area contributed by atoms with Crippen molar-refractivity contribution in [2.24, 2.45) is 0 Å². The number of halogens is 1. The molecule has 7 rings (SSSR count). The van der Waals surface area contributed by atoms with Crippen molar-refractivity contribution in [3.8, 4) is 23.0 Å². The highest BCUT2D eigenvalue weighted by atomic mass is 35.5. The van der Waals surface area contributed by atoms with E-state index >= 15 is 0 Å². The monoisotopic (exact) mass is 584 g/mol. The fourth-order valence-corrected chi connectivity index (χ4v) is 5.42. The Kier molecular flexibility index (Phi) is 6.74. The molecule has 0 aliphatic heterocycles. The molecule has 0 unspecified atom stereocenters. The third-order valence-electron chi connectivity index (χ3n) is 7.14. The summed E-state index contributed by atoms with van der Waals surface area (Å²) in [5, 5.41) is 5.78. The molecular formula is C36H21ClO6. The first-order chi connectivity index (χ1) is 21.0. The van der Waals surface area contributed by atoms with Crippen LogP contribution in [0.25, 0.3) is 43.1 Å². The smallest absolute Gasteiger partial charge is 0.394 e. The lowest BCUT2D eigenvalue weighted by molar-refractivity contribution is 0.151. The summed E-state index contributed by atoms with van der Waals surface area (Å²) >= 11 is 6.39. The van der Waals surface area contributed by atoms with Gasteiger partial charge in [0.1, 0.15) is 17.2 Å². The second-order valence-electron chi connectivity index (χ2n) is 9.76. The van der Waals surface area contributed by atoms with Gasteiger partial charge in [0, 0.05) is 37.3 Å². The highest BCUT2D eigenvalue weighted by Crippen LogP contribution is 2.44. The van der Waals surface area contributed by atoms with Gasteiger partial charge in [0.15, 0.2) is 5.75 Å². The Morgan fingerprint density at radius 3 is 1.37 bits per heavy atom. The van der Waals surface area contributed by atoms with E-state index in [4.69, 9.17) is 30.5 Å². The van der Waals surface area contributed by atoms with Crippen LogP contribution in [0.2, 0.25) is 5.02 Å². The number of benzene rings is 7. The van der Waals surface area contributed by atoms with E-state index in [1.807, 2.05) is 60.7 Å². The molecule has 7 heteroatoms. The Balaban J connectivity index is 1.27. The molecule has 208 valence electrons. The number of hydrogen-bond donors (Lipinski definition) is 0. The summed E-state index contributed by atoms with van der Waals surface area (Å²) in [4.78, 5) is 26.4. The first-order valence-electron chi connectivity index (χ1n) is 13.4. The van der Waals surface area contributed by atoms with Gasteiger partial charge in [-0.05, 0) is 41.1 Å². The average Bonchev–Trinajstić information content (AvgIpc) is 3.03. The van der Waals surface area contributed by atoms with Gasteiger partial charge in [0.25, 0.3) is 0 Å². The summed E-state index contributed by atoms with van der Waals surface area (Å²) in [5.41, 5.74) is 0. The van der Waals surface area contributed by atoms with E-state index in [2.05, 4.69) is 0 Å². The van der Waals surface area contributed by atoms with Crippen LogP contribution >= 0.6 is 11.6 Å². The fourth-order valence-electron chi connectivity index (χ4n) is 5.25. The molecule has 6 nitrogen and oxygen atoms in total. The minimum atomic E-state index is -0.924. The summed E-state index contributed by atoms with van der Waals surface area (Å²) in [5.74, 6) is 1.19. The van der Waals surface area contributed by atoms with Crippen molar-refractivity contribution in [2.45, 2.75) is 0 Å². The zero-order valence-corrected chi connectivity index (χ0v) is 23.2. The molecule has 7 aromatic rings. The summed E-state index contributed by atoms with van der Waals surface area (Å²) in [6.45, 7) is 0. The molecular weight excluding hydrogens is 564 g/mol. The Morgan fingerprint density at radius 1 is 0.419 bits per heavy atom. The third kappa shape index (κ3) is 5.05. The van der Waals surface area contributed by atoms with Crippen molar-refractivity contribution in [3.05, 3.63) is 132 Å². The SMILES string of the molecule is O=C(Oc1cccc2ccccc12)Oc1c2ccccc2c(OC(=O)Oc2cccc3ccccc23)c2cc(Cl)ccc12. The van der Waals surface area contributed by atoms with E-state index in [0.717, 1.165) is 21.5 Å². The molecule has 0 saturated carbocycles. The molecule has 43 heavy (non-hydrogen) atoms. The molecule has 0 radical (unpaired) electrons. The molecule has 0 heterocycles. The second-order valence-corrected chi connectivity index (χ2v) is 10.2. The number of fused-ring (bicyclic) bond motifs is 4. The van der Waals surface area contributed by atoms with Gasteiger partial charge in [-0.3, -0.25) is 0 Å². The molecule has 0 aromatic heterocycles. The predicted octanol–water partition coefficient (Wildman–Crippen LogP) is 10.1. The highest BCUT2D eigenvalue weighted by molar-refractivity contribution is 6.31. The molecule has 7 aromatic carbocycles. The first-order valence-corrected chi connectivity index (χ1v) is 13.8. The zero-order chi connectivity index (χ0) is 29.3. The van der Waals surface area contributed by atoms with E-state index in [9.17, 15) is 9.59 Å². The molecule has 0 N–H and O–H groups in total. The van der Waals surface area contributed by atoms with E-state index in [0.29, 0.717) is 38.1 Å². The van der Waals surface area contributed by atoms with Gasteiger partial charge in [-0.15, -0.1) is 0 Å². The lowest BCUT2D eigenvalue weighted by Crippen LogP contribution is -2.16. The van der Waals surface area contributed by atoms with Crippen LogP contribution < -0.4 is 18.9 Å². The molecule has 0 saturated heterocycles. The summed E-state index contributed by atoms with van der Waals surface area (Å²) in [7, 11) is 0. The summed E-state index contributed by atoms with van der Waals surface area (Å²) in [6.07, 6.45) is -1.84. The van der Waals surface area contributed by atoms with Gasteiger partial charge in [-0.25, -0.2) is 9.59 Å². The van der Waals surface area contributed by atoms with Crippen LogP contribution in [0, 0.1) is 0 Å². The van der Waals surface area contributed by atoms with Crippen molar-refractivity contribution in [3.63, 3.8) is 0 Å². The number of carbonyl (C=O) groups is 2. The van der Waals surface area contributed by atoms with E-state index in [-0.39, 0.29) is 11.5 Å². The van der Waals surface area contributed by atoms with Gasteiger partial charge < -0.3 is 18.9 Å². The molecule has 0 atom stereocenters. The van der Waals surface area contributed by atoms with Crippen molar-refractivity contribution in [1.29, 1.82) is 0 Å². The maximum absolute atomic E-state index is 13.2. The standard InChI is InChI=1S/C36H21ClO6/c37-24-19-20-29-30(21-24)34(43-36(39)41-32-18-8-12-23-10-2-4-14-26(23)32)28-16-6-5-15-27(28)33(29)42-35(38)40-31-17-7-11-22-9-1-3-13-25(22)31/h1-21H. The molecule has 0 aliphatic rings. The number of hydrogen-bond acceptors (Lipinski definition) is 6. The van der Waals surface area contributed by atoms with Gasteiger partial charge in [0.2, 0.25) is 0 Å². The van der Waals surface area contributed by atoms with Gasteiger partial charge in [-0.2, -0.15) is 0 Å². The normalized spacial score (nSPS) is 11.1. The maximum atomic E-state index is 13.2. The fraction of sp³-hybridized carbons (Fsp3) is 0. The Morgan fingerprint density at radius 2 is 0.837 bits per heavy atom. The van der Waals surface area contributed by atoms with Gasteiger partial charge in [-0.1, -0.05) is 109 Å².